The van der Waals surface area contributed by atoms with Crippen molar-refractivity contribution in [2.45, 2.75) is 20.4 Å². The number of rotatable bonds is 3. The van der Waals surface area contributed by atoms with Crippen molar-refractivity contribution in [3.8, 4) is 0 Å². The van der Waals surface area contributed by atoms with Crippen molar-refractivity contribution in [2.75, 3.05) is 20.6 Å². The van der Waals surface area contributed by atoms with Crippen molar-refractivity contribution in [3.05, 3.63) is 35.4 Å². The van der Waals surface area contributed by atoms with E-state index in [1.165, 1.54) is 11.1 Å². The SMILES string of the molecule is CCNC(=NC)N(C)Cc1ccc(C)cc1. The molecule has 0 bridgehead atoms. The van der Waals surface area contributed by atoms with E-state index < -0.39 is 0 Å². The average molecular weight is 219 g/mol. The van der Waals surface area contributed by atoms with Crippen molar-refractivity contribution in [3.63, 3.8) is 0 Å². The van der Waals surface area contributed by atoms with Crippen LogP contribution in [0.4, 0.5) is 0 Å². The molecule has 1 aromatic rings. The fourth-order valence-corrected chi connectivity index (χ4v) is 1.59. The third-order valence-electron chi connectivity index (χ3n) is 2.45. The Bertz CT molecular complexity index is 341. The number of nitrogens with one attached hydrogen (secondary N) is 1. The molecule has 0 atom stereocenters. The van der Waals surface area contributed by atoms with Gasteiger partial charge >= 0.3 is 0 Å². The fraction of sp³-hybridized carbons (Fsp3) is 0.462. The van der Waals surface area contributed by atoms with Crippen LogP contribution < -0.4 is 5.32 Å². The minimum absolute atomic E-state index is 0.875. The molecule has 0 aliphatic carbocycles. The zero-order chi connectivity index (χ0) is 12.0. The van der Waals surface area contributed by atoms with Crippen LogP contribution in [0.25, 0.3) is 0 Å². The van der Waals surface area contributed by atoms with Gasteiger partial charge in [-0.1, -0.05) is 29.8 Å². The molecule has 0 saturated heterocycles. The van der Waals surface area contributed by atoms with E-state index in [9.17, 15) is 0 Å². The highest BCUT2D eigenvalue weighted by atomic mass is 15.3. The van der Waals surface area contributed by atoms with Crippen molar-refractivity contribution >= 4 is 5.96 Å². The molecule has 1 N–H and O–H groups in total. The van der Waals surface area contributed by atoms with Gasteiger partial charge in [0.15, 0.2) is 5.96 Å². The molecule has 0 fully saturated rings. The maximum absolute atomic E-state index is 4.22. The smallest absolute Gasteiger partial charge is 0.193 e. The molecule has 0 saturated carbocycles. The normalized spacial score (nSPS) is 11.4. The molecule has 0 spiro atoms. The molecule has 0 unspecified atom stereocenters. The summed E-state index contributed by atoms with van der Waals surface area (Å²) in [5.41, 5.74) is 2.59. The van der Waals surface area contributed by atoms with Crippen LogP contribution in [0.2, 0.25) is 0 Å². The summed E-state index contributed by atoms with van der Waals surface area (Å²) in [5.74, 6) is 0.933. The van der Waals surface area contributed by atoms with E-state index in [4.69, 9.17) is 0 Å². The summed E-state index contributed by atoms with van der Waals surface area (Å²) < 4.78 is 0. The topological polar surface area (TPSA) is 27.6 Å². The van der Waals surface area contributed by atoms with E-state index in [1.807, 2.05) is 14.1 Å². The Kier molecular flexibility index (Phi) is 4.83. The average Bonchev–Trinajstić information content (AvgIpc) is 2.29. The summed E-state index contributed by atoms with van der Waals surface area (Å²) in [4.78, 5) is 6.34. The standard InChI is InChI=1S/C13H21N3/c1-5-15-13(14-3)16(4)10-12-8-6-11(2)7-9-12/h6-9H,5,10H2,1-4H3,(H,14,15). The Hall–Kier alpha value is -1.51. The largest absolute Gasteiger partial charge is 0.357 e. The van der Waals surface area contributed by atoms with E-state index in [1.54, 1.807) is 0 Å². The number of hydrogen-bond donors (Lipinski definition) is 1. The highest BCUT2D eigenvalue weighted by Gasteiger charge is 2.04. The van der Waals surface area contributed by atoms with Crippen molar-refractivity contribution in [2.24, 2.45) is 4.99 Å². The van der Waals surface area contributed by atoms with Crippen LogP contribution in [0.1, 0.15) is 18.1 Å². The number of aryl methyl sites for hydroxylation is 1. The molecule has 0 heterocycles. The maximum Gasteiger partial charge on any atom is 0.193 e. The number of hydrogen-bond acceptors (Lipinski definition) is 1. The van der Waals surface area contributed by atoms with Crippen LogP contribution >= 0.6 is 0 Å². The summed E-state index contributed by atoms with van der Waals surface area (Å²) >= 11 is 0. The van der Waals surface area contributed by atoms with Gasteiger partial charge in [-0.15, -0.1) is 0 Å². The predicted octanol–water partition coefficient (Wildman–Crippen LogP) is 2.02. The zero-order valence-electron chi connectivity index (χ0n) is 10.6. The highest BCUT2D eigenvalue weighted by molar-refractivity contribution is 5.79. The number of benzene rings is 1. The molecule has 0 amide bonds. The molecule has 0 aliphatic rings. The lowest BCUT2D eigenvalue weighted by atomic mass is 10.1. The van der Waals surface area contributed by atoms with Gasteiger partial charge in [0.2, 0.25) is 0 Å². The van der Waals surface area contributed by atoms with Crippen molar-refractivity contribution < 1.29 is 0 Å². The van der Waals surface area contributed by atoms with Gasteiger partial charge in [-0.25, -0.2) is 0 Å². The van der Waals surface area contributed by atoms with Gasteiger partial charge < -0.3 is 10.2 Å². The van der Waals surface area contributed by atoms with Crippen LogP contribution in [0.3, 0.4) is 0 Å². The van der Waals surface area contributed by atoms with Gasteiger partial charge in [0.1, 0.15) is 0 Å². The van der Waals surface area contributed by atoms with Gasteiger partial charge in [0.25, 0.3) is 0 Å². The first-order valence-electron chi connectivity index (χ1n) is 5.64. The lowest BCUT2D eigenvalue weighted by molar-refractivity contribution is 0.479. The minimum atomic E-state index is 0.875. The van der Waals surface area contributed by atoms with E-state index in [0.717, 1.165) is 19.0 Å². The van der Waals surface area contributed by atoms with Crippen molar-refractivity contribution in [1.82, 2.24) is 10.2 Å². The summed E-state index contributed by atoms with van der Waals surface area (Å²) in [7, 11) is 3.86. The van der Waals surface area contributed by atoms with Crippen LogP contribution in [0.15, 0.2) is 29.3 Å². The minimum Gasteiger partial charge on any atom is -0.357 e. The summed E-state index contributed by atoms with van der Waals surface area (Å²) in [6.07, 6.45) is 0. The third kappa shape index (κ3) is 3.57. The predicted molar refractivity (Wildman–Crippen MR) is 69.7 cm³/mol. The Morgan fingerprint density at radius 3 is 2.44 bits per heavy atom. The first-order chi connectivity index (χ1) is 7.67. The second-order valence-electron chi connectivity index (χ2n) is 3.92. The molecular weight excluding hydrogens is 198 g/mol. The fourth-order valence-electron chi connectivity index (χ4n) is 1.59. The van der Waals surface area contributed by atoms with E-state index in [0.29, 0.717) is 0 Å². The molecular formula is C13H21N3. The zero-order valence-corrected chi connectivity index (χ0v) is 10.6. The van der Waals surface area contributed by atoms with E-state index in [-0.39, 0.29) is 0 Å². The Balaban J connectivity index is 2.62. The summed E-state index contributed by atoms with van der Waals surface area (Å²) in [5, 5.41) is 3.24. The van der Waals surface area contributed by atoms with Crippen LogP contribution in [0, 0.1) is 6.92 Å². The van der Waals surface area contributed by atoms with Gasteiger partial charge in [0, 0.05) is 27.2 Å². The van der Waals surface area contributed by atoms with Crippen LogP contribution in [0.5, 0.6) is 0 Å². The molecule has 0 aromatic heterocycles. The van der Waals surface area contributed by atoms with Crippen LogP contribution in [-0.2, 0) is 6.54 Å². The molecule has 0 aliphatic heterocycles. The number of guanidine groups is 1. The summed E-state index contributed by atoms with van der Waals surface area (Å²) in [6.45, 7) is 5.95. The Morgan fingerprint density at radius 2 is 1.94 bits per heavy atom. The maximum atomic E-state index is 4.22. The second-order valence-corrected chi connectivity index (χ2v) is 3.92. The first-order valence-corrected chi connectivity index (χ1v) is 5.64. The molecule has 1 aromatic carbocycles. The molecule has 88 valence electrons. The number of nitrogens with zero attached hydrogens (tertiary/aromatic N) is 2. The van der Waals surface area contributed by atoms with Gasteiger partial charge in [-0.05, 0) is 19.4 Å². The van der Waals surface area contributed by atoms with Gasteiger partial charge in [0.05, 0.1) is 0 Å². The van der Waals surface area contributed by atoms with E-state index >= 15 is 0 Å². The van der Waals surface area contributed by atoms with Crippen LogP contribution in [-0.4, -0.2) is 31.5 Å². The molecule has 0 radical (unpaired) electrons. The molecule has 3 heteroatoms. The summed E-state index contributed by atoms with van der Waals surface area (Å²) in [6, 6.07) is 8.59. The van der Waals surface area contributed by atoms with Gasteiger partial charge in [-0.3, -0.25) is 4.99 Å². The Labute approximate surface area is 98.2 Å². The number of aliphatic imine (C=N–C) groups is 1. The lowest BCUT2D eigenvalue weighted by Gasteiger charge is -2.21. The Morgan fingerprint density at radius 1 is 1.31 bits per heavy atom. The lowest BCUT2D eigenvalue weighted by Crippen LogP contribution is -2.38. The molecule has 16 heavy (non-hydrogen) atoms. The second kappa shape index (κ2) is 6.16. The molecule has 1 rings (SSSR count). The molecule has 3 nitrogen and oxygen atoms in total. The van der Waals surface area contributed by atoms with E-state index in [2.05, 4.69) is 53.3 Å². The third-order valence-corrected chi connectivity index (χ3v) is 2.45. The monoisotopic (exact) mass is 219 g/mol. The quantitative estimate of drug-likeness (QED) is 0.622. The van der Waals surface area contributed by atoms with Gasteiger partial charge in [-0.2, -0.15) is 0 Å². The van der Waals surface area contributed by atoms with Crippen molar-refractivity contribution in [1.29, 1.82) is 0 Å². The first kappa shape index (κ1) is 12.6. The highest BCUT2D eigenvalue weighted by Crippen LogP contribution is 2.05.